The second-order valence-electron chi connectivity index (χ2n) is 5.00. The molecule has 3 aromatic rings. The first-order chi connectivity index (χ1) is 12.6. The Morgan fingerprint density at radius 1 is 1.35 bits per heavy atom. The van der Waals surface area contributed by atoms with Gasteiger partial charge in [-0.25, -0.2) is 9.18 Å². The Kier molecular flexibility index (Phi) is 4.82. The van der Waals surface area contributed by atoms with E-state index in [0.717, 1.165) is 23.0 Å². The average Bonchev–Trinajstić information content (AvgIpc) is 3.26. The Hall–Kier alpha value is -3.44. The summed E-state index contributed by atoms with van der Waals surface area (Å²) in [6.07, 6.45) is 2.90. The molecule has 0 amide bonds. The lowest BCUT2D eigenvalue weighted by atomic mass is 10.3. The van der Waals surface area contributed by atoms with Crippen LogP contribution in [0.4, 0.5) is 4.39 Å². The van der Waals surface area contributed by atoms with Gasteiger partial charge in [0.05, 0.1) is 23.6 Å². The summed E-state index contributed by atoms with van der Waals surface area (Å²) in [4.78, 5) is 24.8. The van der Waals surface area contributed by atoms with Crippen LogP contribution in [0.1, 0.15) is 5.76 Å². The third-order valence-corrected chi connectivity index (χ3v) is 4.54. The molecule has 0 saturated carbocycles. The number of rotatable bonds is 3. The number of furan rings is 1. The minimum atomic E-state index is -0.914. The predicted octanol–water partition coefficient (Wildman–Crippen LogP) is 1.31. The zero-order chi connectivity index (χ0) is 18.7. The number of thiazole rings is 1. The smallest absolute Gasteiger partial charge is 0.351 e. The number of nitrogens with zero attached hydrogens (tertiary/aromatic N) is 2. The maximum absolute atomic E-state index is 14.3. The number of nitriles is 1. The van der Waals surface area contributed by atoms with Crippen LogP contribution in [0.3, 0.4) is 0 Å². The maximum Gasteiger partial charge on any atom is 0.351 e. The van der Waals surface area contributed by atoms with Crippen molar-refractivity contribution in [3.63, 3.8) is 0 Å². The molecule has 26 heavy (non-hydrogen) atoms. The summed E-state index contributed by atoms with van der Waals surface area (Å²) in [5.41, 5.74) is -1.04. The molecule has 0 saturated heterocycles. The van der Waals surface area contributed by atoms with E-state index in [1.165, 1.54) is 30.5 Å². The van der Waals surface area contributed by atoms with Crippen LogP contribution in [-0.4, -0.2) is 17.6 Å². The van der Waals surface area contributed by atoms with Gasteiger partial charge in [0.1, 0.15) is 22.3 Å². The summed E-state index contributed by atoms with van der Waals surface area (Å²) in [7, 11) is 1.12. The van der Waals surface area contributed by atoms with E-state index in [0.29, 0.717) is 5.76 Å². The van der Waals surface area contributed by atoms with Gasteiger partial charge in [0.25, 0.3) is 5.56 Å². The molecule has 0 aliphatic rings. The third-order valence-electron chi connectivity index (χ3n) is 3.45. The summed E-state index contributed by atoms with van der Waals surface area (Å²) >= 11 is 0.872. The summed E-state index contributed by atoms with van der Waals surface area (Å²) in [5, 5.41) is 9.36. The second kappa shape index (κ2) is 7.21. The topological polar surface area (TPSA) is 85.2 Å². The molecule has 0 radical (unpaired) electrons. The Morgan fingerprint density at radius 2 is 2.12 bits per heavy atom. The fraction of sp³-hybridized carbons (Fsp3) is 0.0556. The molecule has 1 aromatic carbocycles. The molecular weight excluding hydrogens is 359 g/mol. The largest absolute Gasteiger partial charge is 0.465 e. The van der Waals surface area contributed by atoms with Crippen molar-refractivity contribution in [2.24, 2.45) is 0 Å². The lowest BCUT2D eigenvalue weighted by molar-refractivity contribution is -0.133. The molecule has 130 valence electrons. The highest BCUT2D eigenvalue weighted by Gasteiger charge is 2.18. The molecule has 0 spiro atoms. The number of benzene rings is 1. The quantitative estimate of drug-likeness (QED) is 0.649. The van der Waals surface area contributed by atoms with Crippen molar-refractivity contribution in [1.29, 1.82) is 5.26 Å². The fourth-order valence-corrected chi connectivity index (χ4v) is 3.35. The zero-order valence-corrected chi connectivity index (χ0v) is 14.2. The molecule has 6 nitrogen and oxygen atoms in total. The SMILES string of the molecule is COC(=O)/C(C#N)=c1\s/c(=C\c2ccco2)c(=O)n1-c1ccccc1F. The number of para-hydroxylation sites is 1. The Labute approximate surface area is 150 Å². The van der Waals surface area contributed by atoms with Crippen molar-refractivity contribution in [3.05, 3.63) is 73.8 Å². The van der Waals surface area contributed by atoms with Gasteiger partial charge in [-0.15, -0.1) is 11.3 Å². The number of ether oxygens (including phenoxy) is 1. The molecule has 0 fully saturated rings. The molecule has 2 heterocycles. The van der Waals surface area contributed by atoms with Crippen LogP contribution in [0, 0.1) is 17.1 Å². The van der Waals surface area contributed by atoms with Gasteiger partial charge >= 0.3 is 5.97 Å². The third kappa shape index (κ3) is 3.08. The van der Waals surface area contributed by atoms with Gasteiger partial charge in [0.2, 0.25) is 0 Å². The van der Waals surface area contributed by atoms with E-state index in [1.807, 2.05) is 0 Å². The van der Waals surface area contributed by atoms with Crippen LogP contribution < -0.4 is 14.8 Å². The highest BCUT2D eigenvalue weighted by molar-refractivity contribution is 7.07. The predicted molar refractivity (Wildman–Crippen MR) is 92.4 cm³/mol. The number of halogens is 1. The van der Waals surface area contributed by atoms with Crippen LogP contribution in [0.5, 0.6) is 0 Å². The number of aromatic nitrogens is 1. The van der Waals surface area contributed by atoms with Gasteiger partial charge in [0.15, 0.2) is 5.57 Å². The Bertz CT molecular complexity index is 1180. The van der Waals surface area contributed by atoms with Crippen molar-refractivity contribution in [2.75, 3.05) is 7.11 Å². The minimum absolute atomic E-state index is 0.0211. The summed E-state index contributed by atoms with van der Waals surface area (Å²) in [5.74, 6) is -1.17. The lowest BCUT2D eigenvalue weighted by Gasteiger charge is -2.04. The molecule has 3 rings (SSSR count). The average molecular weight is 370 g/mol. The zero-order valence-electron chi connectivity index (χ0n) is 13.4. The van der Waals surface area contributed by atoms with Crippen LogP contribution in [0.2, 0.25) is 0 Å². The van der Waals surface area contributed by atoms with Crippen molar-refractivity contribution >= 4 is 29.0 Å². The van der Waals surface area contributed by atoms with Crippen LogP contribution in [0.25, 0.3) is 17.3 Å². The van der Waals surface area contributed by atoms with Gasteiger partial charge in [-0.3, -0.25) is 9.36 Å². The van der Waals surface area contributed by atoms with Crippen LogP contribution in [-0.2, 0) is 9.53 Å². The summed E-state index contributed by atoms with van der Waals surface area (Å²) < 4.78 is 25.2. The molecule has 0 aliphatic carbocycles. The number of methoxy groups -OCH3 is 1. The van der Waals surface area contributed by atoms with Crippen molar-refractivity contribution in [2.45, 2.75) is 0 Å². The van der Waals surface area contributed by atoms with E-state index in [2.05, 4.69) is 4.74 Å². The normalized spacial score (nSPS) is 12.6. The molecule has 0 atom stereocenters. The van der Waals surface area contributed by atoms with E-state index in [9.17, 15) is 19.2 Å². The number of hydrogen-bond donors (Lipinski definition) is 0. The number of carbonyl (C=O) groups excluding carboxylic acids is 1. The highest BCUT2D eigenvalue weighted by atomic mass is 32.1. The molecule has 0 aliphatic heterocycles. The molecule has 0 N–H and O–H groups in total. The number of hydrogen-bond acceptors (Lipinski definition) is 6. The first kappa shape index (κ1) is 17.4. The van der Waals surface area contributed by atoms with E-state index in [1.54, 1.807) is 24.3 Å². The van der Waals surface area contributed by atoms with Gasteiger partial charge in [-0.05, 0) is 24.3 Å². The van der Waals surface area contributed by atoms with Gasteiger partial charge in [0, 0.05) is 6.08 Å². The first-order valence-electron chi connectivity index (χ1n) is 7.31. The van der Waals surface area contributed by atoms with Crippen LogP contribution >= 0.6 is 11.3 Å². The molecular formula is C18H11FN2O4S. The van der Waals surface area contributed by atoms with E-state index < -0.39 is 22.9 Å². The van der Waals surface area contributed by atoms with Crippen molar-refractivity contribution < 1.29 is 18.3 Å². The van der Waals surface area contributed by atoms with Gasteiger partial charge in [-0.1, -0.05) is 12.1 Å². The minimum Gasteiger partial charge on any atom is -0.465 e. The highest BCUT2D eigenvalue weighted by Crippen LogP contribution is 2.10. The fourth-order valence-electron chi connectivity index (χ4n) is 2.29. The monoisotopic (exact) mass is 370 g/mol. The Balaban J connectivity index is 2.47. The number of carbonyl (C=O) groups is 1. The molecule has 8 heteroatoms. The summed E-state index contributed by atoms with van der Waals surface area (Å²) in [6, 6.07) is 10.6. The van der Waals surface area contributed by atoms with Gasteiger partial charge in [-0.2, -0.15) is 5.26 Å². The van der Waals surface area contributed by atoms with Crippen molar-refractivity contribution in [1.82, 2.24) is 4.57 Å². The van der Waals surface area contributed by atoms with Crippen molar-refractivity contribution in [3.8, 4) is 11.8 Å². The van der Waals surface area contributed by atoms with E-state index in [4.69, 9.17) is 4.42 Å². The van der Waals surface area contributed by atoms with E-state index >= 15 is 0 Å². The Morgan fingerprint density at radius 3 is 2.73 bits per heavy atom. The van der Waals surface area contributed by atoms with E-state index in [-0.39, 0.29) is 14.9 Å². The standard InChI is InChI=1S/C18H11FN2O4S/c1-24-18(23)12(10-20)17-21(14-7-3-2-6-13(14)19)16(22)15(26-17)9-11-5-4-8-25-11/h2-9H,1H3/b15-9-,17-12-. The lowest BCUT2D eigenvalue weighted by Crippen LogP contribution is -2.32. The summed E-state index contributed by atoms with van der Waals surface area (Å²) in [6.45, 7) is 0. The second-order valence-corrected chi connectivity index (χ2v) is 6.03. The molecule has 0 bridgehead atoms. The van der Waals surface area contributed by atoms with Gasteiger partial charge < -0.3 is 9.15 Å². The maximum atomic E-state index is 14.3. The van der Waals surface area contributed by atoms with Crippen LogP contribution in [0.15, 0.2) is 51.9 Å². The number of esters is 1. The first-order valence-corrected chi connectivity index (χ1v) is 8.13. The molecule has 2 aromatic heterocycles. The molecule has 0 unspecified atom stereocenters.